The van der Waals surface area contributed by atoms with Gasteiger partial charge in [0.05, 0.1) is 38.9 Å². The Morgan fingerprint density at radius 1 is 1.06 bits per heavy atom. The van der Waals surface area contributed by atoms with Crippen LogP contribution in [0.15, 0.2) is 66.9 Å². The Morgan fingerprint density at radius 3 is 2.56 bits per heavy atom. The van der Waals surface area contributed by atoms with Crippen LogP contribution in [0.4, 0.5) is 0 Å². The Bertz CT molecular complexity index is 1120. The first kappa shape index (κ1) is 21.4. The first-order valence-electron chi connectivity index (χ1n) is 10.4. The molecule has 0 saturated heterocycles. The third-order valence-corrected chi connectivity index (χ3v) is 5.59. The van der Waals surface area contributed by atoms with Gasteiger partial charge in [0.2, 0.25) is 5.91 Å². The number of benzene rings is 2. The van der Waals surface area contributed by atoms with Crippen molar-refractivity contribution in [2.75, 3.05) is 14.2 Å². The van der Waals surface area contributed by atoms with E-state index in [-0.39, 0.29) is 18.2 Å². The summed E-state index contributed by atoms with van der Waals surface area (Å²) in [6, 6.07) is 18.1. The summed E-state index contributed by atoms with van der Waals surface area (Å²) < 4.78 is 10.8. The molecule has 0 saturated carbocycles. The molecular formula is C25H25N3O4. The van der Waals surface area contributed by atoms with Gasteiger partial charge in [-0.15, -0.1) is 0 Å². The Balaban J connectivity index is 1.60. The van der Waals surface area contributed by atoms with Crippen molar-refractivity contribution in [1.82, 2.24) is 15.2 Å². The van der Waals surface area contributed by atoms with Gasteiger partial charge >= 0.3 is 0 Å². The first-order valence-corrected chi connectivity index (χ1v) is 10.4. The molecule has 1 atom stereocenters. The van der Waals surface area contributed by atoms with E-state index in [4.69, 9.17) is 9.47 Å². The molecule has 7 nitrogen and oxygen atoms in total. The van der Waals surface area contributed by atoms with Gasteiger partial charge in [0.15, 0.2) is 11.5 Å². The Kier molecular flexibility index (Phi) is 6.35. The average molecular weight is 431 g/mol. The van der Waals surface area contributed by atoms with Crippen LogP contribution >= 0.6 is 0 Å². The molecule has 1 unspecified atom stereocenters. The number of nitrogens with zero attached hydrogens (tertiary/aromatic N) is 2. The predicted octanol–water partition coefficient (Wildman–Crippen LogP) is 3.50. The zero-order chi connectivity index (χ0) is 22.5. The van der Waals surface area contributed by atoms with E-state index in [0.717, 1.165) is 16.8 Å². The van der Waals surface area contributed by atoms with E-state index < -0.39 is 6.04 Å². The maximum absolute atomic E-state index is 13.2. The number of fused-ring (bicyclic) bond motifs is 1. The van der Waals surface area contributed by atoms with Crippen LogP contribution in [-0.4, -0.2) is 35.9 Å². The number of amides is 2. The maximum atomic E-state index is 13.2. The Labute approximate surface area is 187 Å². The van der Waals surface area contributed by atoms with Gasteiger partial charge < -0.3 is 19.7 Å². The third kappa shape index (κ3) is 4.42. The molecule has 1 N–H and O–H groups in total. The lowest BCUT2D eigenvalue weighted by Gasteiger charge is -2.28. The molecule has 2 aromatic carbocycles. The summed E-state index contributed by atoms with van der Waals surface area (Å²) in [6.45, 7) is 0.772. The zero-order valence-electron chi connectivity index (χ0n) is 18.1. The molecule has 2 amide bonds. The van der Waals surface area contributed by atoms with Gasteiger partial charge in [-0.1, -0.05) is 30.3 Å². The van der Waals surface area contributed by atoms with Crippen LogP contribution < -0.4 is 14.8 Å². The van der Waals surface area contributed by atoms with Crippen molar-refractivity contribution in [3.63, 3.8) is 0 Å². The predicted molar refractivity (Wildman–Crippen MR) is 119 cm³/mol. The summed E-state index contributed by atoms with van der Waals surface area (Å²) >= 11 is 0. The van der Waals surface area contributed by atoms with Crippen molar-refractivity contribution in [3.8, 4) is 11.5 Å². The van der Waals surface area contributed by atoms with E-state index in [0.29, 0.717) is 30.2 Å². The lowest BCUT2D eigenvalue weighted by Crippen LogP contribution is -2.34. The minimum absolute atomic E-state index is 0.0853. The summed E-state index contributed by atoms with van der Waals surface area (Å²) in [5, 5.41) is 2.91. The highest BCUT2D eigenvalue weighted by molar-refractivity contribution is 5.98. The van der Waals surface area contributed by atoms with Crippen LogP contribution in [0.3, 0.4) is 0 Å². The molecule has 0 fully saturated rings. The van der Waals surface area contributed by atoms with Crippen LogP contribution in [0, 0.1) is 0 Å². The fourth-order valence-corrected chi connectivity index (χ4v) is 3.94. The molecule has 0 aliphatic carbocycles. The van der Waals surface area contributed by atoms with Crippen LogP contribution in [0.25, 0.3) is 0 Å². The van der Waals surface area contributed by atoms with Crippen molar-refractivity contribution < 1.29 is 19.1 Å². The average Bonchev–Trinajstić information content (AvgIpc) is 3.17. The molecule has 0 radical (unpaired) electrons. The second-order valence-electron chi connectivity index (χ2n) is 7.52. The zero-order valence-corrected chi connectivity index (χ0v) is 18.1. The number of ether oxygens (including phenoxy) is 2. The molecule has 2 heterocycles. The molecule has 7 heteroatoms. The number of rotatable bonds is 8. The number of pyridine rings is 1. The largest absolute Gasteiger partial charge is 0.493 e. The number of aromatic nitrogens is 1. The smallest absolute Gasteiger partial charge is 0.255 e. The number of carbonyl (C=O) groups excluding carboxylic acids is 2. The second kappa shape index (κ2) is 9.51. The number of hydrogen-bond donors (Lipinski definition) is 1. The number of hydrogen-bond acceptors (Lipinski definition) is 5. The lowest BCUT2D eigenvalue weighted by atomic mass is 10.0. The van der Waals surface area contributed by atoms with Crippen molar-refractivity contribution >= 4 is 11.8 Å². The highest BCUT2D eigenvalue weighted by Crippen LogP contribution is 2.37. The van der Waals surface area contributed by atoms with Gasteiger partial charge in [0.1, 0.15) is 0 Å². The molecule has 0 spiro atoms. The first-order chi connectivity index (χ1) is 15.6. The summed E-state index contributed by atoms with van der Waals surface area (Å²) in [4.78, 5) is 32.0. The van der Waals surface area contributed by atoms with Gasteiger partial charge in [-0.05, 0) is 41.5 Å². The van der Waals surface area contributed by atoms with Crippen LogP contribution in [-0.2, 0) is 17.9 Å². The van der Waals surface area contributed by atoms with Crippen molar-refractivity contribution in [2.24, 2.45) is 0 Å². The fourth-order valence-electron chi connectivity index (χ4n) is 3.94. The summed E-state index contributed by atoms with van der Waals surface area (Å²) in [5.74, 6) is 0.885. The van der Waals surface area contributed by atoms with E-state index in [1.807, 2.05) is 54.6 Å². The van der Waals surface area contributed by atoms with Crippen molar-refractivity contribution in [2.45, 2.75) is 25.6 Å². The molecule has 164 valence electrons. The highest BCUT2D eigenvalue weighted by atomic mass is 16.5. The molecular weight excluding hydrogens is 406 g/mol. The van der Waals surface area contributed by atoms with Gasteiger partial charge in [-0.3, -0.25) is 14.6 Å². The molecule has 4 rings (SSSR count). The minimum Gasteiger partial charge on any atom is -0.493 e. The van der Waals surface area contributed by atoms with Gasteiger partial charge in [-0.2, -0.15) is 0 Å². The summed E-state index contributed by atoms with van der Waals surface area (Å²) in [6.07, 6.45) is 1.80. The van der Waals surface area contributed by atoms with Crippen LogP contribution in [0.1, 0.15) is 39.6 Å². The van der Waals surface area contributed by atoms with Crippen LogP contribution in [0.5, 0.6) is 11.5 Å². The van der Waals surface area contributed by atoms with Crippen molar-refractivity contribution in [1.29, 1.82) is 0 Å². The van der Waals surface area contributed by atoms with E-state index in [2.05, 4.69) is 10.3 Å². The lowest BCUT2D eigenvalue weighted by molar-refractivity contribution is -0.122. The summed E-state index contributed by atoms with van der Waals surface area (Å²) in [5.41, 5.74) is 3.20. The van der Waals surface area contributed by atoms with Crippen molar-refractivity contribution in [3.05, 3.63) is 89.2 Å². The van der Waals surface area contributed by atoms with Crippen LogP contribution in [0.2, 0.25) is 0 Å². The van der Waals surface area contributed by atoms with E-state index >= 15 is 0 Å². The molecule has 1 aromatic heterocycles. The van der Waals surface area contributed by atoms with Gasteiger partial charge in [0.25, 0.3) is 5.91 Å². The molecule has 1 aliphatic heterocycles. The highest BCUT2D eigenvalue weighted by Gasteiger charge is 2.34. The summed E-state index contributed by atoms with van der Waals surface area (Å²) in [7, 11) is 3.13. The van der Waals surface area contributed by atoms with E-state index in [9.17, 15) is 9.59 Å². The monoisotopic (exact) mass is 431 g/mol. The Morgan fingerprint density at radius 2 is 1.84 bits per heavy atom. The molecule has 3 aromatic rings. The third-order valence-electron chi connectivity index (χ3n) is 5.59. The van der Waals surface area contributed by atoms with E-state index in [1.54, 1.807) is 31.4 Å². The number of methoxy groups -OCH3 is 2. The molecule has 0 bridgehead atoms. The topological polar surface area (TPSA) is 80.8 Å². The second-order valence-corrected chi connectivity index (χ2v) is 7.52. The molecule has 32 heavy (non-hydrogen) atoms. The number of nitrogens with one attached hydrogen (secondary N) is 1. The molecule has 1 aliphatic rings. The normalized spacial score (nSPS) is 13.4. The van der Waals surface area contributed by atoms with Gasteiger partial charge in [-0.25, -0.2) is 0 Å². The van der Waals surface area contributed by atoms with E-state index in [1.165, 1.54) is 0 Å². The SMILES string of the molecule is COc1ccc(C(CC(=O)NCc2ccccn2)N2Cc3ccccc3C2=O)cc1OC. The standard InChI is InChI=1S/C25H25N3O4/c1-31-22-11-10-17(13-23(22)32-2)21(14-24(29)27-15-19-8-5-6-12-26-19)28-16-18-7-3-4-9-20(18)25(28)30/h3-13,21H,14-16H2,1-2H3,(H,27,29). The minimum atomic E-state index is -0.460. The van der Waals surface area contributed by atoms with Gasteiger partial charge in [0, 0.05) is 18.3 Å². The fraction of sp³-hybridized carbons (Fsp3) is 0.240. The number of carbonyl (C=O) groups is 2. The Hall–Kier alpha value is -3.87. The quantitative estimate of drug-likeness (QED) is 0.590. The maximum Gasteiger partial charge on any atom is 0.255 e.